The summed E-state index contributed by atoms with van der Waals surface area (Å²) in [5, 5.41) is 16.5. The highest BCUT2D eigenvalue weighted by atomic mass is 16.4. The Morgan fingerprint density at radius 3 is 2.28 bits per heavy atom. The molecule has 0 aliphatic carbocycles. The summed E-state index contributed by atoms with van der Waals surface area (Å²) in [7, 11) is 0. The molecule has 0 saturated carbocycles. The third kappa shape index (κ3) is 7.04. The Hall–Kier alpha value is -5.98. The van der Waals surface area contributed by atoms with Crippen molar-refractivity contribution >= 4 is 52.5 Å². The highest BCUT2D eigenvalue weighted by molar-refractivity contribution is 5.96. The Morgan fingerprint density at radius 2 is 1.59 bits per heavy atom. The molecule has 234 valence electrons. The molecule has 5 amide bonds. The van der Waals surface area contributed by atoms with Gasteiger partial charge in [-0.05, 0) is 60.0 Å². The van der Waals surface area contributed by atoms with Crippen LogP contribution in [0.2, 0.25) is 0 Å². The normalized spacial score (nSPS) is 14.5. The molecule has 0 atom stereocenters. The summed E-state index contributed by atoms with van der Waals surface area (Å²) in [6, 6.07) is 20.5. The number of carbonyl (C=O) groups is 4. The van der Waals surface area contributed by atoms with Gasteiger partial charge in [-0.15, -0.1) is 0 Å². The number of hydrogen-bond acceptors (Lipinski definition) is 7. The van der Waals surface area contributed by atoms with Gasteiger partial charge in [0.1, 0.15) is 12.4 Å². The highest BCUT2D eigenvalue weighted by Crippen LogP contribution is 2.28. The van der Waals surface area contributed by atoms with Gasteiger partial charge in [-0.1, -0.05) is 24.3 Å². The lowest BCUT2D eigenvalue weighted by molar-refractivity contribution is -0.117. The number of carbonyl (C=O) groups excluding carboxylic acids is 3. The van der Waals surface area contributed by atoms with Crippen LogP contribution >= 0.6 is 0 Å². The molecular weight excluding hydrogens is 588 g/mol. The maximum Gasteiger partial charge on any atom is 0.405 e. The second-order valence-electron chi connectivity index (χ2n) is 10.9. The van der Waals surface area contributed by atoms with E-state index in [1.807, 2.05) is 64.8 Å². The van der Waals surface area contributed by atoms with Crippen molar-refractivity contribution < 1.29 is 24.3 Å². The number of aromatic nitrogens is 2. The van der Waals surface area contributed by atoms with Crippen molar-refractivity contribution in [1.29, 1.82) is 0 Å². The van der Waals surface area contributed by atoms with E-state index in [-0.39, 0.29) is 18.5 Å². The lowest BCUT2D eigenvalue weighted by Gasteiger charge is -2.19. The molecule has 2 aromatic carbocycles. The van der Waals surface area contributed by atoms with Gasteiger partial charge in [0.05, 0.1) is 23.8 Å². The van der Waals surface area contributed by atoms with Gasteiger partial charge >= 0.3 is 12.1 Å². The van der Waals surface area contributed by atoms with Crippen molar-refractivity contribution in [2.24, 2.45) is 0 Å². The van der Waals surface area contributed by atoms with Crippen molar-refractivity contribution in [2.45, 2.75) is 19.4 Å². The first-order valence-electron chi connectivity index (χ1n) is 14.8. The van der Waals surface area contributed by atoms with Gasteiger partial charge in [0, 0.05) is 55.7 Å². The van der Waals surface area contributed by atoms with Crippen LogP contribution < -0.4 is 25.8 Å². The Labute approximate surface area is 264 Å². The zero-order valence-corrected chi connectivity index (χ0v) is 24.8. The van der Waals surface area contributed by atoms with Crippen LogP contribution in [0.1, 0.15) is 18.4 Å². The Morgan fingerprint density at radius 1 is 0.804 bits per heavy atom. The van der Waals surface area contributed by atoms with E-state index in [1.54, 1.807) is 40.5 Å². The van der Waals surface area contributed by atoms with E-state index in [1.165, 1.54) is 0 Å². The molecule has 2 aliphatic heterocycles. The van der Waals surface area contributed by atoms with Crippen LogP contribution in [0.3, 0.4) is 0 Å². The minimum absolute atomic E-state index is 0.140. The van der Waals surface area contributed by atoms with Crippen LogP contribution in [-0.4, -0.2) is 70.1 Å². The van der Waals surface area contributed by atoms with Crippen molar-refractivity contribution in [2.75, 3.05) is 46.6 Å². The zero-order valence-electron chi connectivity index (χ0n) is 24.8. The third-order valence-corrected chi connectivity index (χ3v) is 7.76. The fourth-order valence-electron chi connectivity index (χ4n) is 5.43. The van der Waals surface area contributed by atoms with E-state index in [0.717, 1.165) is 35.3 Å². The standard InChI is InChI=1S/C33H32N8O5/c42-30(20-36-32(44)45)38-25-8-3-22(4-9-25)21-39-14-15-41(33(39)46)28-16-26(18-34-19-28)37-29-12-7-24(17-35-29)23-5-10-27(11-6-23)40-13-1-2-31(40)43/h3-12,16-19,36H,1-2,13-15,20-21H2,(H,35,37)(H,38,42)(H,44,45). The fourth-order valence-corrected chi connectivity index (χ4v) is 5.43. The SMILES string of the molecule is O=C(O)NCC(=O)Nc1ccc(CN2CCN(c3cncc(Nc4ccc(-c5ccc(N6CCCC6=O)cc5)cn4)c3)C2=O)cc1. The molecule has 0 unspecified atom stereocenters. The number of benzene rings is 2. The molecule has 13 heteroatoms. The van der Waals surface area contributed by atoms with Gasteiger partial charge in [-0.25, -0.2) is 14.6 Å². The smallest absolute Gasteiger partial charge is 0.405 e. The lowest BCUT2D eigenvalue weighted by atomic mass is 10.1. The molecule has 2 saturated heterocycles. The molecule has 2 aliphatic rings. The molecule has 4 heterocycles. The number of carboxylic acid groups (broad SMARTS) is 1. The molecular formula is C33H32N8O5. The van der Waals surface area contributed by atoms with Crippen LogP contribution in [0.25, 0.3) is 11.1 Å². The molecule has 0 radical (unpaired) electrons. The monoisotopic (exact) mass is 620 g/mol. The van der Waals surface area contributed by atoms with Crippen LogP contribution in [0.5, 0.6) is 0 Å². The molecule has 0 spiro atoms. The maximum atomic E-state index is 13.3. The molecule has 2 fully saturated rings. The molecule has 13 nitrogen and oxygen atoms in total. The van der Waals surface area contributed by atoms with Crippen LogP contribution in [0, 0.1) is 0 Å². The Bertz CT molecular complexity index is 1750. The van der Waals surface area contributed by atoms with Gasteiger partial charge in [-0.3, -0.25) is 19.5 Å². The first-order chi connectivity index (χ1) is 22.3. The number of nitrogens with zero attached hydrogens (tertiary/aromatic N) is 5. The van der Waals surface area contributed by atoms with E-state index >= 15 is 0 Å². The van der Waals surface area contributed by atoms with E-state index in [0.29, 0.717) is 48.9 Å². The number of rotatable bonds is 10. The summed E-state index contributed by atoms with van der Waals surface area (Å²) >= 11 is 0. The average Bonchev–Trinajstić information content (AvgIpc) is 3.66. The zero-order chi connectivity index (χ0) is 32.0. The van der Waals surface area contributed by atoms with Crippen molar-refractivity contribution in [3.63, 3.8) is 0 Å². The summed E-state index contributed by atoms with van der Waals surface area (Å²) in [5.41, 5.74) is 5.64. The van der Waals surface area contributed by atoms with Gasteiger partial charge < -0.3 is 30.9 Å². The van der Waals surface area contributed by atoms with Gasteiger partial charge in [-0.2, -0.15) is 0 Å². The van der Waals surface area contributed by atoms with Gasteiger partial charge in [0.25, 0.3) is 0 Å². The summed E-state index contributed by atoms with van der Waals surface area (Å²) in [4.78, 5) is 61.8. The highest BCUT2D eigenvalue weighted by Gasteiger charge is 2.30. The van der Waals surface area contributed by atoms with Crippen LogP contribution in [0.4, 0.5) is 38.2 Å². The predicted molar refractivity (Wildman–Crippen MR) is 173 cm³/mol. The van der Waals surface area contributed by atoms with E-state index in [4.69, 9.17) is 5.11 Å². The molecule has 0 bridgehead atoms. The topological polar surface area (TPSA) is 160 Å². The predicted octanol–water partition coefficient (Wildman–Crippen LogP) is 4.66. The Kier molecular flexibility index (Phi) is 8.72. The lowest BCUT2D eigenvalue weighted by Crippen LogP contribution is -2.32. The van der Waals surface area contributed by atoms with E-state index in [2.05, 4.69) is 20.6 Å². The second-order valence-corrected chi connectivity index (χ2v) is 10.9. The molecule has 46 heavy (non-hydrogen) atoms. The average molecular weight is 621 g/mol. The third-order valence-electron chi connectivity index (χ3n) is 7.76. The molecule has 2 aromatic heterocycles. The fraction of sp³-hybridized carbons (Fsp3) is 0.212. The number of pyridine rings is 2. The van der Waals surface area contributed by atoms with Crippen molar-refractivity contribution in [1.82, 2.24) is 20.2 Å². The number of hydrogen-bond donors (Lipinski definition) is 4. The van der Waals surface area contributed by atoms with Crippen molar-refractivity contribution in [3.05, 3.63) is 90.9 Å². The number of urea groups is 1. The maximum absolute atomic E-state index is 13.3. The van der Waals surface area contributed by atoms with E-state index < -0.39 is 12.0 Å². The first-order valence-corrected chi connectivity index (χ1v) is 14.8. The Balaban J connectivity index is 1.03. The molecule has 4 aromatic rings. The molecule has 6 rings (SSSR count). The van der Waals surface area contributed by atoms with Gasteiger partial charge in [0.15, 0.2) is 0 Å². The summed E-state index contributed by atoms with van der Waals surface area (Å²) in [6.45, 7) is 1.85. The largest absolute Gasteiger partial charge is 0.465 e. The van der Waals surface area contributed by atoms with Gasteiger partial charge in [0.2, 0.25) is 11.8 Å². The summed E-state index contributed by atoms with van der Waals surface area (Å²) in [6.07, 6.45) is 5.34. The van der Waals surface area contributed by atoms with Crippen LogP contribution in [-0.2, 0) is 16.1 Å². The minimum atomic E-state index is -1.27. The number of nitrogens with one attached hydrogen (secondary N) is 3. The summed E-state index contributed by atoms with van der Waals surface area (Å²) < 4.78 is 0. The first kappa shape index (κ1) is 30.1. The quantitative estimate of drug-likeness (QED) is 0.199. The summed E-state index contributed by atoms with van der Waals surface area (Å²) in [5.74, 6) is 0.323. The number of anilines is 5. The van der Waals surface area contributed by atoms with Crippen LogP contribution in [0.15, 0.2) is 85.3 Å². The van der Waals surface area contributed by atoms with E-state index in [9.17, 15) is 19.2 Å². The second kappa shape index (κ2) is 13.3. The molecule has 4 N–H and O–H groups in total. The number of amides is 5. The minimum Gasteiger partial charge on any atom is -0.465 e. The van der Waals surface area contributed by atoms with Crippen molar-refractivity contribution in [3.8, 4) is 11.1 Å².